The smallest absolute Gasteiger partial charge is 0.418 e. The molecule has 4 amide bonds. The third-order valence-electron chi connectivity index (χ3n) is 6.10. The van der Waals surface area contributed by atoms with Crippen LogP contribution >= 0.6 is 23.1 Å². The highest BCUT2D eigenvalue weighted by Crippen LogP contribution is 2.40. The minimum absolute atomic E-state index is 0.0165. The highest BCUT2D eigenvalue weighted by atomic mass is 32.2. The Labute approximate surface area is 262 Å². The molecule has 0 aliphatic carbocycles. The summed E-state index contributed by atoms with van der Waals surface area (Å²) < 4.78 is 6.64. The van der Waals surface area contributed by atoms with Gasteiger partial charge in [-0.2, -0.15) is 4.57 Å². The Balaban J connectivity index is 1.43. The molecule has 4 rings (SSSR count). The fourth-order valence-corrected chi connectivity index (χ4v) is 6.07. The number of rotatable bonds is 12. The summed E-state index contributed by atoms with van der Waals surface area (Å²) in [7, 11) is 3.21. The molecule has 2 aromatic rings. The Hall–Kier alpha value is -5.30. The van der Waals surface area contributed by atoms with Crippen molar-refractivity contribution in [2.45, 2.75) is 18.1 Å². The van der Waals surface area contributed by atoms with Gasteiger partial charge in [-0.25, -0.2) is 19.4 Å². The third kappa shape index (κ3) is 7.44. The summed E-state index contributed by atoms with van der Waals surface area (Å²) in [6.45, 7) is 2.45. The molecule has 0 unspecified atom stereocenters. The Kier molecular flexibility index (Phi) is 10.1. The molecule has 1 saturated heterocycles. The maximum Gasteiger partial charge on any atom is 0.418 e. The number of ether oxygens (including phenoxy) is 1. The number of fused-ring (bicyclic) bond motifs is 1. The van der Waals surface area contributed by atoms with Crippen LogP contribution in [0.3, 0.4) is 0 Å². The SMILES string of the molecule is C=CC1=C(C(=O)O)N2C(=O)[C@@H](NC(=O)/C(=N/OCC(=O)O)c3csc(NC(=O)OC[n+]4cccc(C(=O)N(C)C)c4)n3)[C@H]2SC1. The van der Waals surface area contributed by atoms with E-state index in [0.29, 0.717) is 11.1 Å². The fraction of sp³-hybridized carbons (Fsp3) is 0.269. The summed E-state index contributed by atoms with van der Waals surface area (Å²) in [5.74, 6) is -4.32. The van der Waals surface area contributed by atoms with Gasteiger partial charge >= 0.3 is 18.0 Å². The molecule has 1 fully saturated rings. The molecule has 19 heteroatoms. The van der Waals surface area contributed by atoms with Crippen LogP contribution in [0.2, 0.25) is 0 Å². The molecular formula is C26H26N7O10S2+. The van der Waals surface area contributed by atoms with Gasteiger partial charge in [0.05, 0.1) is 0 Å². The van der Waals surface area contributed by atoms with Crippen LogP contribution in [0.15, 0.2) is 59.0 Å². The van der Waals surface area contributed by atoms with Crippen molar-refractivity contribution in [3.63, 3.8) is 0 Å². The van der Waals surface area contributed by atoms with Gasteiger partial charge in [0.25, 0.3) is 24.5 Å². The number of carbonyl (C=O) groups is 6. The van der Waals surface area contributed by atoms with E-state index in [2.05, 4.69) is 27.4 Å². The lowest BCUT2D eigenvalue weighted by atomic mass is 10.0. The van der Waals surface area contributed by atoms with E-state index in [1.165, 1.54) is 38.9 Å². The number of hydrogen-bond donors (Lipinski definition) is 4. The van der Waals surface area contributed by atoms with Crippen LogP contribution in [0.4, 0.5) is 9.93 Å². The first kappa shape index (κ1) is 32.6. The molecule has 0 spiro atoms. The van der Waals surface area contributed by atoms with Crippen molar-refractivity contribution in [3.05, 3.63) is 65.1 Å². The Bertz CT molecular complexity index is 1640. The summed E-state index contributed by atoms with van der Waals surface area (Å²) in [5.41, 5.74) is -0.107. The Morgan fingerprint density at radius 3 is 2.71 bits per heavy atom. The summed E-state index contributed by atoms with van der Waals surface area (Å²) in [6.07, 6.45) is 3.54. The van der Waals surface area contributed by atoms with Gasteiger partial charge in [-0.05, 0) is 11.6 Å². The molecule has 2 aliphatic rings. The van der Waals surface area contributed by atoms with Crippen molar-refractivity contribution in [3.8, 4) is 0 Å². The Morgan fingerprint density at radius 1 is 1.29 bits per heavy atom. The minimum Gasteiger partial charge on any atom is -0.479 e. The van der Waals surface area contributed by atoms with Gasteiger partial charge in [-0.3, -0.25) is 24.6 Å². The van der Waals surface area contributed by atoms with Crippen molar-refractivity contribution >= 4 is 69.7 Å². The number of thiazole rings is 1. The van der Waals surface area contributed by atoms with Crippen molar-refractivity contribution < 1.29 is 53.1 Å². The van der Waals surface area contributed by atoms with Gasteiger partial charge < -0.3 is 30.0 Å². The molecule has 2 atom stereocenters. The van der Waals surface area contributed by atoms with Crippen LogP contribution in [-0.2, 0) is 35.5 Å². The first-order valence-corrected chi connectivity index (χ1v) is 14.7. The number of aromatic nitrogens is 2. The highest BCUT2D eigenvalue weighted by molar-refractivity contribution is 8.00. The molecule has 2 aromatic heterocycles. The number of oxime groups is 1. The first-order chi connectivity index (χ1) is 21.4. The number of aliphatic carboxylic acids is 2. The second kappa shape index (κ2) is 14.0. The molecule has 17 nitrogen and oxygen atoms in total. The molecule has 2 aliphatic heterocycles. The van der Waals surface area contributed by atoms with E-state index in [0.717, 1.165) is 16.2 Å². The highest BCUT2D eigenvalue weighted by Gasteiger charge is 2.54. The zero-order valence-corrected chi connectivity index (χ0v) is 25.3. The topological polar surface area (TPSA) is 221 Å². The van der Waals surface area contributed by atoms with Gasteiger partial charge in [0, 0.05) is 31.3 Å². The number of allylic oxidation sites excluding steroid dienone is 1. The summed E-state index contributed by atoms with van der Waals surface area (Å²) in [6, 6.07) is 2.10. The monoisotopic (exact) mass is 660 g/mol. The zero-order chi connectivity index (χ0) is 32.8. The lowest BCUT2D eigenvalue weighted by Gasteiger charge is -2.49. The van der Waals surface area contributed by atoms with Crippen molar-refractivity contribution in [2.24, 2.45) is 5.16 Å². The average molecular weight is 661 g/mol. The number of thioether (sulfide) groups is 1. The number of amides is 4. The number of hydrogen-bond acceptors (Lipinski definition) is 12. The van der Waals surface area contributed by atoms with E-state index in [4.69, 9.17) is 14.7 Å². The number of β-lactam (4-membered cyclic amide) rings is 1. The van der Waals surface area contributed by atoms with E-state index in [-0.39, 0.29) is 34.9 Å². The standard InChI is InChI=1S/C26H25N7O10S2/c1-4-13-10-44-23-18(22(38)33(23)19(13)24(39)40)28-20(36)17(30-43-9-16(34)35)15-11-45-25(27-15)29-26(41)42-12-32-7-5-6-14(8-32)21(37)31(2)3/h4-8,11,18,23H,1,9-10,12H2,2-3H3,(H3-,27,28,29,34,35,36,39,40,41)/p+1/b30-17+/t18-,23-/m1/s1. The van der Waals surface area contributed by atoms with Crippen LogP contribution in [0.5, 0.6) is 0 Å². The zero-order valence-electron chi connectivity index (χ0n) is 23.7. The van der Waals surface area contributed by atoms with Gasteiger partial charge in [-0.15, -0.1) is 23.1 Å². The predicted octanol–water partition coefficient (Wildman–Crippen LogP) is 0.0685. The predicted molar refractivity (Wildman–Crippen MR) is 157 cm³/mol. The number of carboxylic acid groups (broad SMARTS) is 2. The van der Waals surface area contributed by atoms with Crippen molar-refractivity contribution in [1.29, 1.82) is 0 Å². The number of nitrogens with zero attached hydrogens (tertiary/aromatic N) is 5. The van der Waals surface area contributed by atoms with E-state index < -0.39 is 53.6 Å². The lowest BCUT2D eigenvalue weighted by molar-refractivity contribution is -0.727. The largest absolute Gasteiger partial charge is 0.479 e. The maximum atomic E-state index is 13.2. The number of pyridine rings is 1. The molecule has 0 saturated carbocycles. The molecule has 236 valence electrons. The second-order valence-corrected chi connectivity index (χ2v) is 11.3. The van der Waals surface area contributed by atoms with Crippen molar-refractivity contribution in [2.75, 3.05) is 31.8 Å². The van der Waals surface area contributed by atoms with E-state index in [9.17, 15) is 33.9 Å². The van der Waals surface area contributed by atoms with Gasteiger partial charge in [-0.1, -0.05) is 17.8 Å². The molecule has 4 heterocycles. The molecular weight excluding hydrogens is 634 g/mol. The molecule has 0 radical (unpaired) electrons. The van der Waals surface area contributed by atoms with Gasteiger partial charge in [0.2, 0.25) is 6.61 Å². The van der Waals surface area contributed by atoms with Crippen molar-refractivity contribution in [1.82, 2.24) is 20.1 Å². The average Bonchev–Trinajstić information content (AvgIpc) is 3.47. The van der Waals surface area contributed by atoms with Crippen LogP contribution < -0.4 is 15.2 Å². The number of carboxylic acids is 2. The van der Waals surface area contributed by atoms with Crippen LogP contribution in [0.25, 0.3) is 0 Å². The van der Waals surface area contributed by atoms with Crippen LogP contribution in [0, 0.1) is 0 Å². The van der Waals surface area contributed by atoms with Crippen LogP contribution in [0.1, 0.15) is 16.1 Å². The molecule has 0 bridgehead atoms. The molecule has 4 N–H and O–H groups in total. The van der Waals surface area contributed by atoms with Gasteiger partial charge in [0.15, 0.2) is 23.2 Å². The lowest BCUT2D eigenvalue weighted by Crippen LogP contribution is -2.71. The summed E-state index contributed by atoms with van der Waals surface area (Å²) >= 11 is 2.11. The summed E-state index contributed by atoms with van der Waals surface area (Å²) in [4.78, 5) is 84.7. The first-order valence-electron chi connectivity index (χ1n) is 12.8. The number of carbonyl (C=O) groups excluding carboxylic acids is 4. The quantitative estimate of drug-likeness (QED) is 0.103. The molecule has 45 heavy (non-hydrogen) atoms. The number of anilines is 1. The van der Waals surface area contributed by atoms with Gasteiger partial charge in [0.1, 0.15) is 28.4 Å². The van der Waals surface area contributed by atoms with E-state index in [1.807, 2.05) is 0 Å². The minimum atomic E-state index is -1.37. The van der Waals surface area contributed by atoms with Crippen LogP contribution in [-0.4, -0.2) is 104 Å². The molecule has 0 aromatic carbocycles. The fourth-order valence-electron chi connectivity index (χ4n) is 4.05. The van der Waals surface area contributed by atoms with E-state index in [1.54, 1.807) is 32.4 Å². The number of nitrogens with one attached hydrogen (secondary N) is 2. The second-order valence-electron chi connectivity index (χ2n) is 9.38. The normalized spacial score (nSPS) is 17.4. The summed E-state index contributed by atoms with van der Waals surface area (Å²) in [5, 5.41) is 27.5. The third-order valence-corrected chi connectivity index (χ3v) is 8.16. The Morgan fingerprint density at radius 2 is 2.04 bits per heavy atom. The van der Waals surface area contributed by atoms with E-state index >= 15 is 0 Å². The maximum absolute atomic E-state index is 13.2.